The Balaban J connectivity index is 3.47. The Bertz CT molecular complexity index is 217. The van der Waals surface area contributed by atoms with Gasteiger partial charge in [0.2, 0.25) is 5.91 Å². The highest BCUT2D eigenvalue weighted by Crippen LogP contribution is 1.92. The van der Waals surface area contributed by atoms with Crippen molar-refractivity contribution in [3.8, 4) is 0 Å². The summed E-state index contributed by atoms with van der Waals surface area (Å²) < 4.78 is 0. The van der Waals surface area contributed by atoms with Crippen LogP contribution in [0.25, 0.3) is 0 Å². The molecule has 0 spiro atoms. The highest BCUT2D eigenvalue weighted by atomic mass is 35.5. The van der Waals surface area contributed by atoms with Crippen LogP contribution in [-0.4, -0.2) is 25.0 Å². The molecular formula is C11H21ClN2O. The number of hydrogen-bond donors (Lipinski definition) is 2. The Morgan fingerprint density at radius 3 is 2.73 bits per heavy atom. The first-order chi connectivity index (χ1) is 7.10. The van der Waals surface area contributed by atoms with Gasteiger partial charge in [0.25, 0.3) is 0 Å². The molecule has 0 fully saturated rings. The molecule has 1 atom stereocenters. The molecule has 0 aliphatic carbocycles. The lowest BCUT2D eigenvalue weighted by Crippen LogP contribution is -2.34. The van der Waals surface area contributed by atoms with E-state index < -0.39 is 0 Å². The fraction of sp³-hybridized carbons (Fsp3) is 0.727. The van der Waals surface area contributed by atoms with Crippen LogP contribution >= 0.6 is 11.6 Å². The molecule has 1 amide bonds. The average Bonchev–Trinajstić information content (AvgIpc) is 2.23. The molecule has 0 rings (SSSR count). The van der Waals surface area contributed by atoms with Gasteiger partial charge in [-0.15, -0.1) is 0 Å². The minimum Gasteiger partial charge on any atom is -0.354 e. The lowest BCUT2D eigenvalue weighted by Gasteiger charge is -2.11. The zero-order valence-electron chi connectivity index (χ0n) is 9.77. The summed E-state index contributed by atoms with van der Waals surface area (Å²) in [5.41, 5.74) is 2.62. The Kier molecular flexibility index (Phi) is 8.43. The highest BCUT2D eigenvalue weighted by Gasteiger charge is 2.04. The van der Waals surface area contributed by atoms with Gasteiger partial charge in [0.05, 0.1) is 0 Å². The van der Waals surface area contributed by atoms with Crippen LogP contribution in [0, 0.1) is 0 Å². The van der Waals surface area contributed by atoms with E-state index in [0.717, 1.165) is 18.5 Å². The summed E-state index contributed by atoms with van der Waals surface area (Å²) in [6.07, 6.45) is 1.48. The number of halogens is 1. The SMILES string of the molecule is CCC(C)NC(=O)CCNCC(C)=CCl. The van der Waals surface area contributed by atoms with Crippen LogP contribution in [0.1, 0.15) is 33.6 Å². The molecule has 0 saturated carbocycles. The van der Waals surface area contributed by atoms with E-state index >= 15 is 0 Å². The molecule has 1 unspecified atom stereocenters. The fourth-order valence-electron chi connectivity index (χ4n) is 0.975. The van der Waals surface area contributed by atoms with Gasteiger partial charge < -0.3 is 10.6 Å². The Labute approximate surface area is 97.3 Å². The predicted octanol–water partition coefficient (Wildman–Crippen LogP) is 2.02. The fourth-order valence-corrected chi connectivity index (χ4v) is 1.05. The summed E-state index contributed by atoms with van der Waals surface area (Å²) in [6, 6.07) is 0.266. The maximum Gasteiger partial charge on any atom is 0.221 e. The highest BCUT2D eigenvalue weighted by molar-refractivity contribution is 6.25. The summed E-state index contributed by atoms with van der Waals surface area (Å²) in [6.45, 7) is 7.42. The number of hydrogen-bond acceptors (Lipinski definition) is 2. The molecule has 3 nitrogen and oxygen atoms in total. The van der Waals surface area contributed by atoms with E-state index in [1.165, 1.54) is 0 Å². The van der Waals surface area contributed by atoms with Crippen molar-refractivity contribution < 1.29 is 4.79 Å². The summed E-state index contributed by atoms with van der Waals surface area (Å²) in [4.78, 5) is 11.3. The van der Waals surface area contributed by atoms with Crippen LogP contribution in [0.4, 0.5) is 0 Å². The third kappa shape index (κ3) is 8.45. The van der Waals surface area contributed by atoms with Gasteiger partial charge in [0.15, 0.2) is 0 Å². The summed E-state index contributed by atoms with van der Waals surface area (Å²) in [5.74, 6) is 0.101. The second-order valence-electron chi connectivity index (χ2n) is 3.76. The molecule has 0 aliphatic heterocycles. The van der Waals surface area contributed by atoms with Gasteiger partial charge in [0.1, 0.15) is 0 Å². The molecule has 15 heavy (non-hydrogen) atoms. The van der Waals surface area contributed by atoms with Crippen LogP contribution in [-0.2, 0) is 4.79 Å². The lowest BCUT2D eigenvalue weighted by atomic mass is 10.2. The second kappa shape index (κ2) is 8.74. The molecule has 0 radical (unpaired) electrons. The molecular weight excluding hydrogens is 212 g/mol. The Morgan fingerprint density at radius 1 is 1.53 bits per heavy atom. The largest absolute Gasteiger partial charge is 0.354 e. The Hall–Kier alpha value is -0.540. The summed E-state index contributed by atoms with van der Waals surface area (Å²) in [5, 5.41) is 6.06. The number of amides is 1. The number of rotatable bonds is 7. The Morgan fingerprint density at radius 2 is 2.20 bits per heavy atom. The topological polar surface area (TPSA) is 41.1 Å². The first-order valence-electron chi connectivity index (χ1n) is 5.36. The number of nitrogens with one attached hydrogen (secondary N) is 2. The molecule has 0 saturated heterocycles. The van der Waals surface area contributed by atoms with Gasteiger partial charge in [0, 0.05) is 31.1 Å². The number of carbonyl (C=O) groups excluding carboxylic acids is 1. The van der Waals surface area contributed by atoms with Gasteiger partial charge in [-0.25, -0.2) is 0 Å². The van der Waals surface area contributed by atoms with E-state index in [9.17, 15) is 4.79 Å². The van der Waals surface area contributed by atoms with E-state index in [4.69, 9.17) is 11.6 Å². The van der Waals surface area contributed by atoms with E-state index in [-0.39, 0.29) is 11.9 Å². The van der Waals surface area contributed by atoms with Crippen LogP contribution < -0.4 is 10.6 Å². The molecule has 0 aliphatic rings. The first kappa shape index (κ1) is 14.5. The van der Waals surface area contributed by atoms with Gasteiger partial charge in [-0.2, -0.15) is 0 Å². The van der Waals surface area contributed by atoms with E-state index in [2.05, 4.69) is 17.6 Å². The van der Waals surface area contributed by atoms with Gasteiger partial charge in [-0.3, -0.25) is 4.79 Å². The van der Waals surface area contributed by atoms with Crippen molar-refractivity contribution in [1.82, 2.24) is 10.6 Å². The van der Waals surface area contributed by atoms with Crippen LogP contribution in [0.3, 0.4) is 0 Å². The van der Waals surface area contributed by atoms with Crippen molar-refractivity contribution in [3.63, 3.8) is 0 Å². The third-order valence-corrected chi connectivity index (χ3v) is 2.51. The normalized spacial score (nSPS) is 13.7. The smallest absolute Gasteiger partial charge is 0.221 e. The van der Waals surface area contributed by atoms with Crippen LogP contribution in [0.15, 0.2) is 11.1 Å². The van der Waals surface area contributed by atoms with E-state index in [0.29, 0.717) is 13.0 Å². The van der Waals surface area contributed by atoms with Gasteiger partial charge in [-0.1, -0.05) is 18.5 Å². The standard InChI is InChI=1S/C11H21ClN2O/c1-4-10(3)14-11(15)5-6-13-8-9(2)7-12/h7,10,13H,4-6,8H2,1-3H3,(H,14,15). The van der Waals surface area contributed by atoms with Crippen molar-refractivity contribution in [2.45, 2.75) is 39.7 Å². The molecule has 0 heterocycles. The zero-order chi connectivity index (χ0) is 11.7. The summed E-state index contributed by atoms with van der Waals surface area (Å²) >= 11 is 5.50. The first-order valence-corrected chi connectivity index (χ1v) is 5.79. The summed E-state index contributed by atoms with van der Waals surface area (Å²) in [7, 11) is 0. The van der Waals surface area contributed by atoms with Crippen LogP contribution in [0.2, 0.25) is 0 Å². The number of carbonyl (C=O) groups is 1. The van der Waals surface area contributed by atoms with Crippen molar-refractivity contribution in [2.24, 2.45) is 0 Å². The predicted molar refractivity (Wildman–Crippen MR) is 65.0 cm³/mol. The van der Waals surface area contributed by atoms with Gasteiger partial charge >= 0.3 is 0 Å². The van der Waals surface area contributed by atoms with Crippen molar-refractivity contribution in [3.05, 3.63) is 11.1 Å². The minimum atomic E-state index is 0.101. The molecule has 0 aromatic carbocycles. The molecule has 0 aromatic rings. The van der Waals surface area contributed by atoms with E-state index in [1.54, 1.807) is 5.54 Å². The lowest BCUT2D eigenvalue weighted by molar-refractivity contribution is -0.121. The molecule has 88 valence electrons. The molecule has 0 aromatic heterocycles. The quantitative estimate of drug-likeness (QED) is 0.660. The van der Waals surface area contributed by atoms with Crippen molar-refractivity contribution in [2.75, 3.05) is 13.1 Å². The van der Waals surface area contributed by atoms with Crippen LogP contribution in [0.5, 0.6) is 0 Å². The minimum absolute atomic E-state index is 0.101. The van der Waals surface area contributed by atoms with E-state index in [1.807, 2.05) is 13.8 Å². The second-order valence-corrected chi connectivity index (χ2v) is 3.98. The zero-order valence-corrected chi connectivity index (χ0v) is 10.5. The van der Waals surface area contributed by atoms with Crippen molar-refractivity contribution in [1.29, 1.82) is 0 Å². The third-order valence-electron chi connectivity index (χ3n) is 2.14. The molecule has 2 N–H and O–H groups in total. The van der Waals surface area contributed by atoms with Gasteiger partial charge in [-0.05, 0) is 25.8 Å². The molecule has 0 bridgehead atoms. The maximum absolute atomic E-state index is 11.3. The molecule has 4 heteroatoms. The monoisotopic (exact) mass is 232 g/mol. The maximum atomic E-state index is 11.3. The van der Waals surface area contributed by atoms with Crippen molar-refractivity contribution >= 4 is 17.5 Å². The average molecular weight is 233 g/mol.